The average molecular weight is 387 g/mol. The average Bonchev–Trinajstić information content (AvgIpc) is 3.01. The van der Waals surface area contributed by atoms with Crippen LogP contribution in [0.4, 0.5) is 11.4 Å². The SMILES string of the molecule is COC(=O)c1cc(NC(=O)c2cccc(N3C(=O)CCC3=O)c2)ccc1Cl. The first-order valence-electron chi connectivity index (χ1n) is 8.06. The van der Waals surface area contributed by atoms with Gasteiger partial charge in [0.2, 0.25) is 11.8 Å². The first-order valence-corrected chi connectivity index (χ1v) is 8.43. The van der Waals surface area contributed by atoms with Crippen LogP contribution in [0.15, 0.2) is 42.5 Å². The number of amides is 3. The molecule has 0 aromatic heterocycles. The molecule has 1 aliphatic heterocycles. The number of imide groups is 1. The molecule has 27 heavy (non-hydrogen) atoms. The Morgan fingerprint density at radius 3 is 2.44 bits per heavy atom. The summed E-state index contributed by atoms with van der Waals surface area (Å²) in [6.45, 7) is 0. The van der Waals surface area contributed by atoms with Crippen molar-refractivity contribution < 1.29 is 23.9 Å². The van der Waals surface area contributed by atoms with Gasteiger partial charge in [0, 0.05) is 24.1 Å². The molecule has 0 aliphatic carbocycles. The van der Waals surface area contributed by atoms with Crippen LogP contribution >= 0.6 is 11.6 Å². The van der Waals surface area contributed by atoms with Crippen LogP contribution < -0.4 is 10.2 Å². The molecule has 138 valence electrons. The molecule has 1 N–H and O–H groups in total. The maximum absolute atomic E-state index is 12.5. The van der Waals surface area contributed by atoms with E-state index in [2.05, 4.69) is 10.1 Å². The third kappa shape index (κ3) is 3.83. The Morgan fingerprint density at radius 2 is 1.78 bits per heavy atom. The predicted molar refractivity (Wildman–Crippen MR) is 98.9 cm³/mol. The molecule has 1 heterocycles. The number of methoxy groups -OCH3 is 1. The van der Waals surface area contributed by atoms with Crippen LogP contribution in [0.5, 0.6) is 0 Å². The van der Waals surface area contributed by atoms with E-state index in [1.807, 2.05) is 0 Å². The van der Waals surface area contributed by atoms with Crippen molar-refractivity contribution in [3.63, 3.8) is 0 Å². The first-order chi connectivity index (χ1) is 12.9. The highest BCUT2D eigenvalue weighted by Gasteiger charge is 2.30. The summed E-state index contributed by atoms with van der Waals surface area (Å²) in [5.74, 6) is -1.67. The molecule has 1 fully saturated rings. The van der Waals surface area contributed by atoms with Gasteiger partial charge in [-0.3, -0.25) is 19.3 Å². The van der Waals surface area contributed by atoms with Crippen LogP contribution in [0.25, 0.3) is 0 Å². The molecule has 3 rings (SSSR count). The third-order valence-electron chi connectivity index (χ3n) is 4.05. The summed E-state index contributed by atoms with van der Waals surface area (Å²) in [6, 6.07) is 10.6. The molecule has 7 nitrogen and oxygen atoms in total. The van der Waals surface area contributed by atoms with E-state index in [1.165, 1.54) is 25.3 Å². The minimum absolute atomic E-state index is 0.124. The molecule has 3 amide bonds. The highest BCUT2D eigenvalue weighted by atomic mass is 35.5. The number of rotatable bonds is 4. The second-order valence-electron chi connectivity index (χ2n) is 5.81. The van der Waals surface area contributed by atoms with Crippen molar-refractivity contribution in [1.29, 1.82) is 0 Å². The summed E-state index contributed by atoms with van der Waals surface area (Å²) in [4.78, 5) is 49.1. The van der Waals surface area contributed by atoms with E-state index >= 15 is 0 Å². The molecule has 8 heteroatoms. The lowest BCUT2D eigenvalue weighted by Gasteiger charge is -2.15. The van der Waals surface area contributed by atoms with Crippen molar-refractivity contribution in [2.24, 2.45) is 0 Å². The Bertz CT molecular complexity index is 941. The highest BCUT2D eigenvalue weighted by molar-refractivity contribution is 6.33. The number of carbonyl (C=O) groups excluding carboxylic acids is 4. The van der Waals surface area contributed by atoms with Gasteiger partial charge in [-0.25, -0.2) is 4.79 Å². The van der Waals surface area contributed by atoms with Gasteiger partial charge in [0.05, 0.1) is 23.4 Å². The van der Waals surface area contributed by atoms with Crippen molar-refractivity contribution in [2.45, 2.75) is 12.8 Å². The fourth-order valence-corrected chi connectivity index (χ4v) is 2.92. The minimum Gasteiger partial charge on any atom is -0.465 e. The number of carbonyl (C=O) groups is 4. The van der Waals surface area contributed by atoms with Gasteiger partial charge in [-0.1, -0.05) is 17.7 Å². The summed E-state index contributed by atoms with van der Waals surface area (Å²) in [6.07, 6.45) is 0.326. The van der Waals surface area contributed by atoms with Gasteiger partial charge in [-0.15, -0.1) is 0 Å². The van der Waals surface area contributed by atoms with Gasteiger partial charge < -0.3 is 10.1 Å². The molecule has 2 aromatic rings. The van der Waals surface area contributed by atoms with Gasteiger partial charge in [-0.2, -0.15) is 0 Å². The van der Waals surface area contributed by atoms with Crippen molar-refractivity contribution >= 4 is 46.7 Å². The van der Waals surface area contributed by atoms with Crippen molar-refractivity contribution in [1.82, 2.24) is 0 Å². The first kappa shape index (κ1) is 18.6. The van der Waals surface area contributed by atoms with E-state index in [4.69, 9.17) is 11.6 Å². The number of benzene rings is 2. The Morgan fingerprint density at radius 1 is 1.07 bits per heavy atom. The zero-order valence-corrected chi connectivity index (χ0v) is 15.1. The largest absolute Gasteiger partial charge is 0.465 e. The quantitative estimate of drug-likeness (QED) is 0.644. The van der Waals surface area contributed by atoms with Gasteiger partial charge in [0.25, 0.3) is 5.91 Å². The lowest BCUT2D eigenvalue weighted by atomic mass is 10.1. The number of anilines is 2. The van der Waals surface area contributed by atoms with E-state index in [9.17, 15) is 19.2 Å². The van der Waals surface area contributed by atoms with Crippen LogP contribution in [0.2, 0.25) is 5.02 Å². The van der Waals surface area contributed by atoms with Crippen LogP contribution in [-0.4, -0.2) is 30.8 Å². The molecule has 0 bridgehead atoms. The monoisotopic (exact) mass is 386 g/mol. The number of hydrogen-bond donors (Lipinski definition) is 1. The van der Waals surface area contributed by atoms with Crippen LogP contribution in [-0.2, 0) is 14.3 Å². The van der Waals surface area contributed by atoms with E-state index in [0.717, 1.165) is 4.90 Å². The Balaban J connectivity index is 1.83. The fourth-order valence-electron chi connectivity index (χ4n) is 2.72. The van der Waals surface area contributed by atoms with Crippen LogP contribution in [0.1, 0.15) is 33.6 Å². The standard InChI is InChI=1S/C19H15ClN2O5/c1-27-19(26)14-10-12(5-6-15(14)20)21-18(25)11-3-2-4-13(9-11)22-16(23)7-8-17(22)24/h2-6,9-10H,7-8H2,1H3,(H,21,25). The van der Waals surface area contributed by atoms with Gasteiger partial charge in [0.1, 0.15) is 0 Å². The molecular weight excluding hydrogens is 372 g/mol. The molecule has 0 atom stereocenters. The number of esters is 1. The lowest BCUT2D eigenvalue weighted by molar-refractivity contribution is -0.121. The number of hydrogen-bond acceptors (Lipinski definition) is 5. The Hall–Kier alpha value is -3.19. The van der Waals surface area contributed by atoms with E-state index in [-0.39, 0.29) is 40.8 Å². The zero-order chi connectivity index (χ0) is 19.6. The second kappa shape index (κ2) is 7.59. The second-order valence-corrected chi connectivity index (χ2v) is 6.22. The Labute approximate surface area is 159 Å². The molecule has 1 aliphatic rings. The molecule has 0 saturated carbocycles. The minimum atomic E-state index is -0.621. The summed E-state index contributed by atoms with van der Waals surface area (Å²) in [5, 5.41) is 2.85. The maximum Gasteiger partial charge on any atom is 0.339 e. The number of nitrogens with zero attached hydrogens (tertiary/aromatic N) is 1. The van der Waals surface area contributed by atoms with Gasteiger partial charge in [0.15, 0.2) is 0 Å². The van der Waals surface area contributed by atoms with Crippen molar-refractivity contribution in [2.75, 3.05) is 17.3 Å². The normalized spacial score (nSPS) is 13.6. The lowest BCUT2D eigenvalue weighted by Crippen LogP contribution is -2.28. The molecule has 2 aromatic carbocycles. The molecular formula is C19H15ClN2O5. The van der Waals surface area contributed by atoms with Crippen molar-refractivity contribution in [3.8, 4) is 0 Å². The van der Waals surface area contributed by atoms with E-state index in [1.54, 1.807) is 24.3 Å². The van der Waals surface area contributed by atoms with Crippen LogP contribution in [0, 0.1) is 0 Å². The summed E-state index contributed by atoms with van der Waals surface area (Å²) >= 11 is 5.96. The number of nitrogens with one attached hydrogen (secondary N) is 1. The van der Waals surface area contributed by atoms with E-state index < -0.39 is 11.9 Å². The third-order valence-corrected chi connectivity index (χ3v) is 4.38. The highest BCUT2D eigenvalue weighted by Crippen LogP contribution is 2.25. The summed E-state index contributed by atoms with van der Waals surface area (Å²) < 4.78 is 4.65. The molecule has 0 radical (unpaired) electrons. The van der Waals surface area contributed by atoms with Gasteiger partial charge >= 0.3 is 5.97 Å². The number of ether oxygens (including phenoxy) is 1. The van der Waals surface area contributed by atoms with E-state index in [0.29, 0.717) is 11.4 Å². The Kier molecular flexibility index (Phi) is 5.23. The molecule has 1 saturated heterocycles. The molecule has 0 spiro atoms. The maximum atomic E-state index is 12.5. The topological polar surface area (TPSA) is 92.8 Å². The predicted octanol–water partition coefficient (Wildman–Crippen LogP) is 3.03. The van der Waals surface area contributed by atoms with Crippen LogP contribution in [0.3, 0.4) is 0 Å². The molecule has 0 unspecified atom stereocenters. The fraction of sp³-hybridized carbons (Fsp3) is 0.158. The summed E-state index contributed by atoms with van der Waals surface area (Å²) in [7, 11) is 1.23. The van der Waals surface area contributed by atoms with Crippen molar-refractivity contribution in [3.05, 3.63) is 58.6 Å². The van der Waals surface area contributed by atoms with Gasteiger partial charge in [-0.05, 0) is 36.4 Å². The zero-order valence-electron chi connectivity index (χ0n) is 14.3. The summed E-state index contributed by atoms with van der Waals surface area (Å²) in [5.41, 5.74) is 1.08. The smallest absolute Gasteiger partial charge is 0.339 e. The number of halogens is 1.